The maximum Gasteiger partial charge on any atom is 0.222 e. The van der Waals surface area contributed by atoms with Crippen LogP contribution in [0.4, 0.5) is 0 Å². The van der Waals surface area contributed by atoms with Gasteiger partial charge in [-0.2, -0.15) is 0 Å². The van der Waals surface area contributed by atoms with Gasteiger partial charge in [-0.3, -0.25) is 0 Å². The first-order valence-corrected chi connectivity index (χ1v) is 5.70. The second kappa shape index (κ2) is 5.15. The Morgan fingerprint density at radius 3 is 2.29 bits per heavy atom. The van der Waals surface area contributed by atoms with Crippen molar-refractivity contribution in [3.63, 3.8) is 0 Å². The topological polar surface area (TPSA) is 35.0 Å². The van der Waals surface area contributed by atoms with Crippen molar-refractivity contribution in [3.8, 4) is 5.75 Å². The third kappa shape index (κ3) is 2.94. The highest BCUT2D eigenvalue weighted by atomic mass is 35.5. The minimum absolute atomic E-state index is 0.226. The van der Waals surface area contributed by atoms with Crippen LogP contribution in [0.25, 0.3) is 0 Å². The number of aryl methyl sites for hydroxylation is 2. The van der Waals surface area contributed by atoms with E-state index in [0.717, 1.165) is 0 Å². The van der Waals surface area contributed by atoms with Crippen LogP contribution in [-0.2, 0) is 6.61 Å². The first kappa shape index (κ1) is 11.9. The van der Waals surface area contributed by atoms with Gasteiger partial charge >= 0.3 is 0 Å². The standard InChI is InChI=1S/C13H13ClN2O/c1-9-4-3-5-10(2)12(9)8-17-11-6-15-13(14)16-7-11/h3-7H,8H2,1-2H3. The lowest BCUT2D eigenvalue weighted by atomic mass is 10.0. The Bertz CT molecular complexity index is 491. The molecule has 2 aromatic rings. The summed E-state index contributed by atoms with van der Waals surface area (Å²) in [5.74, 6) is 0.622. The predicted molar refractivity (Wildman–Crippen MR) is 67.3 cm³/mol. The fourth-order valence-electron chi connectivity index (χ4n) is 1.61. The summed E-state index contributed by atoms with van der Waals surface area (Å²) in [5, 5.41) is 0.226. The van der Waals surface area contributed by atoms with Gasteiger partial charge in [0.2, 0.25) is 5.28 Å². The molecule has 88 valence electrons. The zero-order chi connectivity index (χ0) is 12.3. The number of nitrogens with zero attached hydrogens (tertiary/aromatic N) is 2. The number of hydrogen-bond donors (Lipinski definition) is 0. The van der Waals surface area contributed by atoms with Gasteiger partial charge in [-0.15, -0.1) is 0 Å². The number of benzene rings is 1. The summed E-state index contributed by atoms with van der Waals surface area (Å²) in [5.41, 5.74) is 3.64. The van der Waals surface area contributed by atoms with Crippen molar-refractivity contribution in [1.82, 2.24) is 9.97 Å². The van der Waals surface area contributed by atoms with E-state index in [2.05, 4.69) is 35.9 Å². The van der Waals surface area contributed by atoms with E-state index < -0.39 is 0 Å². The van der Waals surface area contributed by atoms with E-state index in [1.807, 2.05) is 6.07 Å². The van der Waals surface area contributed by atoms with E-state index in [0.29, 0.717) is 12.4 Å². The largest absolute Gasteiger partial charge is 0.486 e. The molecule has 3 nitrogen and oxygen atoms in total. The minimum Gasteiger partial charge on any atom is -0.486 e. The van der Waals surface area contributed by atoms with Gasteiger partial charge in [-0.05, 0) is 42.1 Å². The zero-order valence-electron chi connectivity index (χ0n) is 9.77. The summed E-state index contributed by atoms with van der Waals surface area (Å²) in [7, 11) is 0. The van der Waals surface area contributed by atoms with Crippen molar-refractivity contribution in [1.29, 1.82) is 0 Å². The SMILES string of the molecule is Cc1cccc(C)c1COc1cnc(Cl)nc1. The van der Waals surface area contributed by atoms with E-state index in [9.17, 15) is 0 Å². The van der Waals surface area contributed by atoms with Gasteiger partial charge in [0.1, 0.15) is 6.61 Å². The summed E-state index contributed by atoms with van der Waals surface area (Å²) in [6.07, 6.45) is 3.14. The third-order valence-corrected chi connectivity index (χ3v) is 2.82. The van der Waals surface area contributed by atoms with Crippen LogP contribution in [0, 0.1) is 13.8 Å². The molecule has 0 aliphatic rings. The molecule has 0 radical (unpaired) electrons. The lowest BCUT2D eigenvalue weighted by Gasteiger charge is -2.10. The molecule has 0 spiro atoms. The molecule has 4 heteroatoms. The van der Waals surface area contributed by atoms with Crippen molar-refractivity contribution >= 4 is 11.6 Å². The van der Waals surface area contributed by atoms with Crippen LogP contribution >= 0.6 is 11.6 Å². The lowest BCUT2D eigenvalue weighted by Crippen LogP contribution is -2.01. The average Bonchev–Trinajstić information content (AvgIpc) is 2.31. The molecule has 0 N–H and O–H groups in total. The Balaban J connectivity index is 2.10. The van der Waals surface area contributed by atoms with E-state index in [4.69, 9.17) is 16.3 Å². The van der Waals surface area contributed by atoms with Gasteiger partial charge in [-0.1, -0.05) is 18.2 Å². The van der Waals surface area contributed by atoms with E-state index >= 15 is 0 Å². The van der Waals surface area contributed by atoms with Gasteiger partial charge in [0.05, 0.1) is 12.4 Å². The molecule has 0 saturated carbocycles. The third-order valence-electron chi connectivity index (χ3n) is 2.62. The van der Waals surface area contributed by atoms with Crippen molar-refractivity contribution in [2.45, 2.75) is 20.5 Å². The number of halogens is 1. The van der Waals surface area contributed by atoms with Crippen LogP contribution in [0.3, 0.4) is 0 Å². The van der Waals surface area contributed by atoms with Crippen LogP contribution in [0.15, 0.2) is 30.6 Å². The van der Waals surface area contributed by atoms with Gasteiger partial charge in [0.25, 0.3) is 0 Å². The van der Waals surface area contributed by atoms with E-state index in [1.165, 1.54) is 16.7 Å². The van der Waals surface area contributed by atoms with Gasteiger partial charge < -0.3 is 4.74 Å². The highest BCUT2D eigenvalue weighted by molar-refractivity contribution is 6.28. The monoisotopic (exact) mass is 248 g/mol. The molecule has 17 heavy (non-hydrogen) atoms. The predicted octanol–water partition coefficient (Wildman–Crippen LogP) is 3.33. The molecule has 1 aromatic carbocycles. The fraction of sp³-hybridized carbons (Fsp3) is 0.231. The summed E-state index contributed by atoms with van der Waals surface area (Å²) in [6.45, 7) is 4.66. The molecule has 1 aromatic heterocycles. The molecule has 0 amide bonds. The Morgan fingerprint density at radius 2 is 1.71 bits per heavy atom. The first-order valence-electron chi connectivity index (χ1n) is 5.32. The van der Waals surface area contributed by atoms with Crippen LogP contribution < -0.4 is 4.74 Å². The Hall–Kier alpha value is -1.61. The summed E-state index contributed by atoms with van der Waals surface area (Å²) >= 11 is 5.60. The van der Waals surface area contributed by atoms with Gasteiger partial charge in [0, 0.05) is 0 Å². The Labute approximate surface area is 105 Å². The molecular weight excluding hydrogens is 236 g/mol. The molecular formula is C13H13ClN2O. The molecule has 0 saturated heterocycles. The minimum atomic E-state index is 0.226. The van der Waals surface area contributed by atoms with Crippen molar-refractivity contribution < 1.29 is 4.74 Å². The van der Waals surface area contributed by atoms with Gasteiger partial charge in [-0.25, -0.2) is 9.97 Å². The van der Waals surface area contributed by atoms with Crippen molar-refractivity contribution in [2.75, 3.05) is 0 Å². The summed E-state index contributed by atoms with van der Waals surface area (Å²) < 4.78 is 5.63. The first-order chi connectivity index (χ1) is 8.16. The van der Waals surface area contributed by atoms with Crippen LogP contribution in [0.2, 0.25) is 5.28 Å². The van der Waals surface area contributed by atoms with Crippen LogP contribution in [0.5, 0.6) is 5.75 Å². The highest BCUT2D eigenvalue weighted by Crippen LogP contribution is 2.17. The van der Waals surface area contributed by atoms with Gasteiger partial charge in [0.15, 0.2) is 5.75 Å². The molecule has 0 aliphatic carbocycles. The van der Waals surface area contributed by atoms with E-state index in [1.54, 1.807) is 12.4 Å². The molecule has 2 rings (SSSR count). The average molecular weight is 249 g/mol. The number of hydrogen-bond acceptors (Lipinski definition) is 3. The number of aromatic nitrogens is 2. The number of rotatable bonds is 3. The second-order valence-electron chi connectivity index (χ2n) is 3.85. The maximum absolute atomic E-state index is 5.63. The lowest BCUT2D eigenvalue weighted by molar-refractivity contribution is 0.302. The van der Waals surface area contributed by atoms with E-state index in [-0.39, 0.29) is 5.28 Å². The fourth-order valence-corrected chi connectivity index (χ4v) is 1.70. The Kier molecular flexibility index (Phi) is 3.59. The highest BCUT2D eigenvalue weighted by Gasteiger charge is 2.03. The molecule has 0 bridgehead atoms. The molecule has 0 aliphatic heterocycles. The van der Waals surface area contributed by atoms with Crippen LogP contribution in [-0.4, -0.2) is 9.97 Å². The normalized spacial score (nSPS) is 10.3. The maximum atomic E-state index is 5.63. The number of ether oxygens (including phenoxy) is 1. The Morgan fingerprint density at radius 1 is 1.12 bits per heavy atom. The van der Waals surface area contributed by atoms with Crippen LogP contribution in [0.1, 0.15) is 16.7 Å². The summed E-state index contributed by atoms with van der Waals surface area (Å²) in [6, 6.07) is 6.19. The summed E-state index contributed by atoms with van der Waals surface area (Å²) in [4.78, 5) is 7.73. The van der Waals surface area contributed by atoms with Crippen molar-refractivity contribution in [2.24, 2.45) is 0 Å². The van der Waals surface area contributed by atoms with Crippen molar-refractivity contribution in [3.05, 3.63) is 52.6 Å². The zero-order valence-corrected chi connectivity index (χ0v) is 10.5. The molecule has 1 heterocycles. The quantitative estimate of drug-likeness (QED) is 0.782. The smallest absolute Gasteiger partial charge is 0.222 e. The molecule has 0 unspecified atom stereocenters. The molecule has 0 fully saturated rings. The second-order valence-corrected chi connectivity index (χ2v) is 4.18. The molecule has 0 atom stereocenters.